The van der Waals surface area contributed by atoms with Gasteiger partial charge in [-0.15, -0.1) is 0 Å². The second-order valence-corrected chi connectivity index (χ2v) is 3.58. The van der Waals surface area contributed by atoms with Crippen LogP contribution in [0.3, 0.4) is 0 Å². The Bertz CT molecular complexity index is 600. The van der Waals surface area contributed by atoms with Crippen LogP contribution in [0, 0.1) is 0 Å². The normalized spacial score (nSPS) is 9.68. The number of nitrogens with one attached hydrogen (secondary N) is 2. The van der Waals surface area contributed by atoms with Crippen molar-refractivity contribution in [1.29, 1.82) is 0 Å². The van der Waals surface area contributed by atoms with E-state index in [1.807, 2.05) is 0 Å². The summed E-state index contributed by atoms with van der Waals surface area (Å²) in [6.07, 6.45) is 4.35. The molecule has 0 saturated carbocycles. The van der Waals surface area contributed by atoms with Crippen molar-refractivity contribution in [2.45, 2.75) is 0 Å². The Morgan fingerprint density at radius 3 is 2.58 bits per heavy atom. The molecule has 0 fully saturated rings. The number of aromatic nitrogens is 2. The number of primary amides is 1. The van der Waals surface area contributed by atoms with Gasteiger partial charge in [-0.05, 0) is 12.1 Å². The lowest BCUT2D eigenvalue weighted by atomic mass is 10.1. The molecule has 96 valence electrons. The highest BCUT2D eigenvalue weighted by atomic mass is 16.2. The Balaban J connectivity index is 2.09. The van der Waals surface area contributed by atoms with Crippen LogP contribution in [-0.2, 0) is 0 Å². The third-order valence-corrected chi connectivity index (χ3v) is 2.25. The third-order valence-electron chi connectivity index (χ3n) is 2.25. The van der Waals surface area contributed by atoms with E-state index in [2.05, 4.69) is 20.6 Å². The second kappa shape index (κ2) is 5.58. The van der Waals surface area contributed by atoms with E-state index in [-0.39, 0.29) is 5.56 Å². The predicted octanol–water partition coefficient (Wildman–Crippen LogP) is 1.22. The van der Waals surface area contributed by atoms with Gasteiger partial charge in [0.15, 0.2) is 5.82 Å². The monoisotopic (exact) mass is 257 g/mol. The first kappa shape index (κ1) is 12.5. The van der Waals surface area contributed by atoms with E-state index in [1.54, 1.807) is 18.2 Å². The first-order valence-corrected chi connectivity index (χ1v) is 5.39. The van der Waals surface area contributed by atoms with E-state index >= 15 is 0 Å². The van der Waals surface area contributed by atoms with Crippen LogP contribution in [0.4, 0.5) is 16.3 Å². The van der Waals surface area contributed by atoms with Crippen molar-refractivity contribution in [2.24, 2.45) is 5.73 Å². The van der Waals surface area contributed by atoms with Crippen molar-refractivity contribution in [3.63, 3.8) is 0 Å². The van der Waals surface area contributed by atoms with Crippen LogP contribution in [0.5, 0.6) is 0 Å². The third kappa shape index (κ3) is 3.25. The molecule has 19 heavy (non-hydrogen) atoms. The summed E-state index contributed by atoms with van der Waals surface area (Å²) >= 11 is 0. The molecule has 7 nitrogen and oxygen atoms in total. The van der Waals surface area contributed by atoms with Crippen molar-refractivity contribution in [3.8, 4) is 0 Å². The number of benzene rings is 1. The van der Waals surface area contributed by atoms with Crippen LogP contribution in [0.25, 0.3) is 0 Å². The molecule has 7 heteroatoms. The van der Waals surface area contributed by atoms with Crippen LogP contribution in [0.15, 0.2) is 42.9 Å². The highest BCUT2D eigenvalue weighted by Crippen LogP contribution is 2.14. The zero-order valence-corrected chi connectivity index (χ0v) is 9.83. The van der Waals surface area contributed by atoms with Gasteiger partial charge in [0.25, 0.3) is 5.91 Å². The Morgan fingerprint density at radius 1 is 1.11 bits per heavy atom. The average Bonchev–Trinajstić information content (AvgIpc) is 2.40. The second-order valence-electron chi connectivity index (χ2n) is 3.58. The molecule has 4 N–H and O–H groups in total. The predicted molar refractivity (Wildman–Crippen MR) is 69.6 cm³/mol. The Kier molecular flexibility index (Phi) is 3.67. The van der Waals surface area contributed by atoms with Gasteiger partial charge in [0.2, 0.25) is 0 Å². The lowest BCUT2D eigenvalue weighted by Gasteiger charge is -2.09. The molecule has 0 radical (unpaired) electrons. The maximum absolute atomic E-state index is 11.7. The van der Waals surface area contributed by atoms with E-state index in [1.165, 1.54) is 24.7 Å². The Labute approximate surface area is 108 Å². The molecular weight excluding hydrogens is 246 g/mol. The number of rotatable bonds is 3. The summed E-state index contributed by atoms with van der Waals surface area (Å²) in [5.41, 5.74) is 5.77. The molecule has 3 amide bonds. The largest absolute Gasteiger partial charge is 0.366 e. The van der Waals surface area contributed by atoms with Crippen molar-refractivity contribution < 1.29 is 9.59 Å². The standard InChI is InChI=1S/C12H11N5O2/c13-11(18)8-3-1-2-4-9(8)16-12(19)17-10-7-14-5-6-15-10/h1-7H,(H2,13,18)(H2,15,16,17,19). The van der Waals surface area contributed by atoms with Crippen LogP contribution in [0.2, 0.25) is 0 Å². The van der Waals surface area contributed by atoms with Gasteiger partial charge in [-0.1, -0.05) is 12.1 Å². The molecule has 0 aliphatic rings. The van der Waals surface area contributed by atoms with Gasteiger partial charge in [0, 0.05) is 12.4 Å². The zero-order valence-electron chi connectivity index (χ0n) is 9.83. The molecule has 1 heterocycles. The van der Waals surface area contributed by atoms with Crippen LogP contribution < -0.4 is 16.4 Å². The minimum absolute atomic E-state index is 0.233. The molecule has 0 saturated heterocycles. The molecule has 1 aromatic carbocycles. The van der Waals surface area contributed by atoms with E-state index in [0.29, 0.717) is 11.5 Å². The van der Waals surface area contributed by atoms with Crippen LogP contribution >= 0.6 is 0 Å². The number of amides is 3. The number of carbonyl (C=O) groups is 2. The lowest BCUT2D eigenvalue weighted by Crippen LogP contribution is -2.22. The van der Waals surface area contributed by atoms with Crippen molar-refractivity contribution in [2.75, 3.05) is 10.6 Å². The molecule has 0 unspecified atom stereocenters. The molecule has 1 aromatic heterocycles. The maximum atomic E-state index is 11.7. The number of hydrogen-bond donors (Lipinski definition) is 3. The van der Waals surface area contributed by atoms with Crippen molar-refractivity contribution >= 4 is 23.4 Å². The molecule has 0 atom stereocenters. The SMILES string of the molecule is NC(=O)c1ccccc1NC(=O)Nc1cnccn1. The van der Waals surface area contributed by atoms with Gasteiger partial charge in [0.1, 0.15) is 0 Å². The van der Waals surface area contributed by atoms with Gasteiger partial charge in [-0.3, -0.25) is 15.1 Å². The van der Waals surface area contributed by atoms with Crippen molar-refractivity contribution in [3.05, 3.63) is 48.4 Å². The fourth-order valence-corrected chi connectivity index (χ4v) is 1.44. The first-order valence-electron chi connectivity index (χ1n) is 5.39. The number of anilines is 2. The Morgan fingerprint density at radius 2 is 1.89 bits per heavy atom. The Hall–Kier alpha value is -2.96. The summed E-state index contributed by atoms with van der Waals surface area (Å²) in [6, 6.07) is 5.92. The number of para-hydroxylation sites is 1. The quantitative estimate of drug-likeness (QED) is 0.767. The summed E-state index contributed by atoms with van der Waals surface area (Å²) in [6.45, 7) is 0. The topological polar surface area (TPSA) is 110 Å². The number of urea groups is 1. The first-order chi connectivity index (χ1) is 9.16. The molecule has 0 aliphatic heterocycles. The lowest BCUT2D eigenvalue weighted by molar-refractivity contribution is 0.100. The van der Waals surface area contributed by atoms with Gasteiger partial charge in [-0.25, -0.2) is 9.78 Å². The highest BCUT2D eigenvalue weighted by Gasteiger charge is 2.10. The molecule has 2 rings (SSSR count). The molecule has 0 spiro atoms. The maximum Gasteiger partial charge on any atom is 0.324 e. The molecule has 2 aromatic rings. The number of carbonyl (C=O) groups excluding carboxylic acids is 2. The number of nitrogens with two attached hydrogens (primary N) is 1. The van der Waals surface area contributed by atoms with Crippen molar-refractivity contribution in [1.82, 2.24) is 9.97 Å². The van der Waals surface area contributed by atoms with Gasteiger partial charge < -0.3 is 11.1 Å². The summed E-state index contributed by atoms with van der Waals surface area (Å²) in [7, 11) is 0. The molecule has 0 bridgehead atoms. The fraction of sp³-hybridized carbons (Fsp3) is 0. The summed E-state index contributed by atoms with van der Waals surface area (Å²) in [5, 5.41) is 5.00. The van der Waals surface area contributed by atoms with Gasteiger partial charge in [-0.2, -0.15) is 0 Å². The number of nitrogens with zero attached hydrogens (tertiary/aromatic N) is 2. The highest BCUT2D eigenvalue weighted by molar-refractivity contribution is 6.05. The number of hydrogen-bond acceptors (Lipinski definition) is 4. The van der Waals surface area contributed by atoms with Gasteiger partial charge >= 0.3 is 6.03 Å². The van der Waals surface area contributed by atoms with E-state index in [9.17, 15) is 9.59 Å². The van der Waals surface area contributed by atoms with E-state index < -0.39 is 11.9 Å². The average molecular weight is 257 g/mol. The summed E-state index contributed by atoms with van der Waals surface area (Å²) in [5.74, 6) is -0.313. The van der Waals surface area contributed by atoms with Crippen LogP contribution in [-0.4, -0.2) is 21.9 Å². The van der Waals surface area contributed by atoms with Crippen LogP contribution in [0.1, 0.15) is 10.4 Å². The summed E-state index contributed by atoms with van der Waals surface area (Å²) in [4.78, 5) is 30.6. The smallest absolute Gasteiger partial charge is 0.324 e. The summed E-state index contributed by atoms with van der Waals surface area (Å²) < 4.78 is 0. The molecule has 0 aliphatic carbocycles. The minimum Gasteiger partial charge on any atom is -0.366 e. The molecular formula is C12H11N5O2. The van der Waals surface area contributed by atoms with Gasteiger partial charge in [0.05, 0.1) is 17.4 Å². The fourth-order valence-electron chi connectivity index (χ4n) is 1.44. The zero-order chi connectivity index (χ0) is 13.7. The minimum atomic E-state index is -0.615. The van der Waals surface area contributed by atoms with E-state index in [0.717, 1.165) is 0 Å². The van der Waals surface area contributed by atoms with E-state index in [4.69, 9.17) is 5.73 Å².